The molecule has 0 atom stereocenters. The molecule has 28 heavy (non-hydrogen) atoms. The number of halogens is 1. The highest BCUT2D eigenvalue weighted by molar-refractivity contribution is 6.30. The van der Waals surface area contributed by atoms with Gasteiger partial charge in [-0.25, -0.2) is 9.97 Å². The molecular weight excluding hydrogens is 372 g/mol. The van der Waals surface area contributed by atoms with Gasteiger partial charge in [0.1, 0.15) is 0 Å². The second kappa shape index (κ2) is 8.40. The molecule has 6 heteroatoms. The van der Waals surface area contributed by atoms with Crippen molar-refractivity contribution in [3.8, 4) is 0 Å². The van der Waals surface area contributed by atoms with Crippen LogP contribution in [0.5, 0.6) is 0 Å². The fraction of sp³-hybridized carbons (Fsp3) is 0.227. The maximum Gasteiger partial charge on any atom is 0.254 e. The fourth-order valence-electron chi connectivity index (χ4n) is 2.76. The monoisotopic (exact) mass is 394 g/mol. The standard InChI is InChI=1S/C22H23ClN4O/c1-22(2,3)18-6-4-5-7-19(18)27-21-25-13-16(14-26-21)20(28)24-12-15-8-10-17(23)11-9-15/h4-11,13-14H,12H2,1-3H3,(H,24,28)(H,25,26,27). The lowest BCUT2D eigenvalue weighted by molar-refractivity contribution is 0.0950. The Bertz CT molecular complexity index is 948. The average molecular weight is 395 g/mol. The lowest BCUT2D eigenvalue weighted by atomic mass is 9.86. The van der Waals surface area contributed by atoms with Crippen LogP contribution >= 0.6 is 11.6 Å². The number of amides is 1. The number of anilines is 2. The highest BCUT2D eigenvalue weighted by Crippen LogP contribution is 2.30. The molecule has 3 aromatic rings. The van der Waals surface area contributed by atoms with Crippen molar-refractivity contribution < 1.29 is 4.79 Å². The molecule has 1 aromatic heterocycles. The number of rotatable bonds is 5. The predicted octanol–water partition coefficient (Wildman–Crippen LogP) is 5.10. The maximum atomic E-state index is 12.3. The van der Waals surface area contributed by atoms with Gasteiger partial charge in [0.25, 0.3) is 5.91 Å². The van der Waals surface area contributed by atoms with E-state index in [1.54, 1.807) is 12.1 Å². The van der Waals surface area contributed by atoms with Crippen LogP contribution in [0, 0.1) is 0 Å². The number of nitrogens with one attached hydrogen (secondary N) is 2. The van der Waals surface area contributed by atoms with Crippen LogP contribution < -0.4 is 10.6 Å². The van der Waals surface area contributed by atoms with Gasteiger partial charge in [-0.1, -0.05) is 62.7 Å². The van der Waals surface area contributed by atoms with Gasteiger partial charge in [-0.05, 0) is 34.7 Å². The topological polar surface area (TPSA) is 66.9 Å². The van der Waals surface area contributed by atoms with E-state index >= 15 is 0 Å². The summed E-state index contributed by atoms with van der Waals surface area (Å²) in [7, 11) is 0. The Morgan fingerprint density at radius 3 is 2.29 bits per heavy atom. The predicted molar refractivity (Wildman–Crippen MR) is 113 cm³/mol. The zero-order chi connectivity index (χ0) is 20.1. The Balaban J connectivity index is 1.65. The van der Waals surface area contributed by atoms with Crippen LogP contribution in [0.3, 0.4) is 0 Å². The molecule has 3 rings (SSSR count). The van der Waals surface area contributed by atoms with E-state index in [1.165, 1.54) is 18.0 Å². The van der Waals surface area contributed by atoms with Crippen molar-refractivity contribution in [3.05, 3.63) is 82.6 Å². The first-order chi connectivity index (χ1) is 13.3. The minimum atomic E-state index is -0.225. The third kappa shape index (κ3) is 5.08. The van der Waals surface area contributed by atoms with Crippen molar-refractivity contribution in [1.29, 1.82) is 0 Å². The van der Waals surface area contributed by atoms with Gasteiger partial charge in [0.15, 0.2) is 0 Å². The van der Waals surface area contributed by atoms with E-state index in [0.717, 1.165) is 11.3 Å². The Hall–Kier alpha value is -2.92. The summed E-state index contributed by atoms with van der Waals surface area (Å²) in [6, 6.07) is 15.4. The summed E-state index contributed by atoms with van der Waals surface area (Å²) < 4.78 is 0. The van der Waals surface area contributed by atoms with E-state index < -0.39 is 0 Å². The molecule has 0 aliphatic rings. The Labute approximate surface area is 170 Å². The van der Waals surface area contributed by atoms with E-state index in [0.29, 0.717) is 23.1 Å². The van der Waals surface area contributed by atoms with Crippen molar-refractivity contribution in [2.75, 3.05) is 5.32 Å². The summed E-state index contributed by atoms with van der Waals surface area (Å²) in [5, 5.41) is 6.76. The van der Waals surface area contributed by atoms with Crippen molar-refractivity contribution in [3.63, 3.8) is 0 Å². The van der Waals surface area contributed by atoms with Crippen LogP contribution in [-0.4, -0.2) is 15.9 Å². The largest absolute Gasteiger partial charge is 0.348 e. The zero-order valence-electron chi connectivity index (χ0n) is 16.2. The highest BCUT2D eigenvalue weighted by atomic mass is 35.5. The van der Waals surface area contributed by atoms with Crippen LogP contribution in [0.2, 0.25) is 5.02 Å². The number of carbonyl (C=O) groups is 1. The number of hydrogen-bond acceptors (Lipinski definition) is 4. The first kappa shape index (κ1) is 19.8. The van der Waals surface area contributed by atoms with Crippen LogP contribution in [0.1, 0.15) is 42.3 Å². The lowest BCUT2D eigenvalue weighted by Crippen LogP contribution is -2.23. The van der Waals surface area contributed by atoms with Gasteiger partial charge < -0.3 is 10.6 Å². The molecule has 0 saturated carbocycles. The van der Waals surface area contributed by atoms with E-state index in [2.05, 4.69) is 47.4 Å². The van der Waals surface area contributed by atoms with E-state index in [9.17, 15) is 4.79 Å². The third-order valence-electron chi connectivity index (χ3n) is 4.26. The molecule has 1 heterocycles. The van der Waals surface area contributed by atoms with Gasteiger partial charge in [0.05, 0.1) is 5.56 Å². The molecule has 2 N–H and O–H groups in total. The number of benzene rings is 2. The first-order valence-corrected chi connectivity index (χ1v) is 9.42. The molecule has 5 nitrogen and oxygen atoms in total. The van der Waals surface area contributed by atoms with Gasteiger partial charge in [0.2, 0.25) is 5.95 Å². The van der Waals surface area contributed by atoms with Gasteiger partial charge in [0, 0.05) is 29.6 Å². The van der Waals surface area contributed by atoms with Crippen LogP contribution in [0.25, 0.3) is 0 Å². The van der Waals surface area contributed by atoms with Crippen molar-refractivity contribution in [2.24, 2.45) is 0 Å². The first-order valence-electron chi connectivity index (χ1n) is 9.04. The SMILES string of the molecule is CC(C)(C)c1ccccc1Nc1ncc(C(=O)NCc2ccc(Cl)cc2)cn1. The molecule has 0 radical (unpaired) electrons. The summed E-state index contributed by atoms with van der Waals surface area (Å²) in [4.78, 5) is 20.9. The summed E-state index contributed by atoms with van der Waals surface area (Å²) in [6.07, 6.45) is 3.04. The number of aromatic nitrogens is 2. The molecule has 0 bridgehead atoms. The number of carbonyl (C=O) groups excluding carboxylic acids is 1. The second-order valence-electron chi connectivity index (χ2n) is 7.53. The summed E-state index contributed by atoms with van der Waals surface area (Å²) in [5.41, 5.74) is 3.49. The second-order valence-corrected chi connectivity index (χ2v) is 7.96. The number of hydrogen-bond donors (Lipinski definition) is 2. The van der Waals surface area contributed by atoms with Crippen LogP contribution in [0.4, 0.5) is 11.6 Å². The van der Waals surface area contributed by atoms with Crippen molar-refractivity contribution >= 4 is 29.1 Å². The molecule has 0 unspecified atom stereocenters. The van der Waals surface area contributed by atoms with E-state index in [4.69, 9.17) is 11.6 Å². The normalized spacial score (nSPS) is 11.1. The summed E-state index contributed by atoms with van der Waals surface area (Å²) in [6.45, 7) is 6.88. The van der Waals surface area contributed by atoms with Crippen molar-refractivity contribution in [2.45, 2.75) is 32.7 Å². The fourth-order valence-corrected chi connectivity index (χ4v) is 2.89. The molecule has 1 amide bonds. The summed E-state index contributed by atoms with van der Waals surface area (Å²) >= 11 is 5.87. The highest BCUT2D eigenvalue weighted by Gasteiger charge is 2.18. The van der Waals surface area contributed by atoms with E-state index in [1.807, 2.05) is 30.3 Å². The smallest absolute Gasteiger partial charge is 0.254 e. The van der Waals surface area contributed by atoms with Gasteiger partial charge in [-0.15, -0.1) is 0 Å². The minimum absolute atomic E-state index is 0.00884. The number of nitrogens with zero attached hydrogens (tertiary/aromatic N) is 2. The van der Waals surface area contributed by atoms with Crippen LogP contribution in [0.15, 0.2) is 60.9 Å². The molecule has 0 aliphatic carbocycles. The quantitative estimate of drug-likeness (QED) is 0.631. The molecule has 144 valence electrons. The molecule has 0 saturated heterocycles. The van der Waals surface area contributed by atoms with Gasteiger partial charge in [-0.3, -0.25) is 4.79 Å². The molecular formula is C22H23ClN4O. The molecule has 2 aromatic carbocycles. The number of para-hydroxylation sites is 1. The van der Waals surface area contributed by atoms with Gasteiger partial charge in [-0.2, -0.15) is 0 Å². The molecule has 0 spiro atoms. The third-order valence-corrected chi connectivity index (χ3v) is 4.51. The van der Waals surface area contributed by atoms with Gasteiger partial charge >= 0.3 is 0 Å². The maximum absolute atomic E-state index is 12.3. The van der Waals surface area contributed by atoms with E-state index in [-0.39, 0.29) is 11.3 Å². The molecule has 0 aliphatic heterocycles. The average Bonchev–Trinajstić information content (AvgIpc) is 2.67. The van der Waals surface area contributed by atoms with Crippen molar-refractivity contribution in [1.82, 2.24) is 15.3 Å². The Kier molecular flexibility index (Phi) is 5.95. The molecule has 0 fully saturated rings. The van der Waals surface area contributed by atoms with Crippen LogP contribution in [-0.2, 0) is 12.0 Å². The Morgan fingerprint density at radius 2 is 1.64 bits per heavy atom. The Morgan fingerprint density at radius 1 is 1.00 bits per heavy atom. The zero-order valence-corrected chi connectivity index (χ0v) is 16.9. The minimum Gasteiger partial charge on any atom is -0.348 e. The lowest BCUT2D eigenvalue weighted by Gasteiger charge is -2.22. The summed E-state index contributed by atoms with van der Waals surface area (Å²) in [5.74, 6) is 0.225.